The molecule has 2 rings (SSSR count). The molecule has 1 atom stereocenters. The van der Waals surface area contributed by atoms with Crippen molar-refractivity contribution in [3.63, 3.8) is 0 Å². The number of hydrogen-bond acceptors (Lipinski definition) is 1. The van der Waals surface area contributed by atoms with Crippen molar-refractivity contribution in [3.8, 4) is 0 Å². The van der Waals surface area contributed by atoms with Gasteiger partial charge in [0.25, 0.3) is 0 Å². The topological polar surface area (TPSA) is 13.1 Å². The molecule has 1 aromatic heterocycles. The summed E-state index contributed by atoms with van der Waals surface area (Å²) in [4.78, 5) is 0. The summed E-state index contributed by atoms with van der Waals surface area (Å²) in [7, 11) is 0. The molecule has 1 heterocycles. The summed E-state index contributed by atoms with van der Waals surface area (Å²) in [5, 5.41) is 0.505. The smallest absolute Gasteiger partial charge is 0.126 e. The van der Waals surface area contributed by atoms with Crippen LogP contribution in [0.15, 0.2) is 28.7 Å². The van der Waals surface area contributed by atoms with Crippen LogP contribution in [0.1, 0.15) is 33.6 Å². The first kappa shape index (κ1) is 12.5. The molecule has 0 saturated carbocycles. The third kappa shape index (κ3) is 2.51. The van der Waals surface area contributed by atoms with E-state index in [0.717, 1.165) is 33.2 Å². The van der Waals surface area contributed by atoms with Gasteiger partial charge >= 0.3 is 0 Å². The van der Waals surface area contributed by atoms with Crippen LogP contribution in [0.2, 0.25) is 5.02 Å². The van der Waals surface area contributed by atoms with E-state index in [1.165, 1.54) is 0 Å². The molecule has 17 heavy (non-hydrogen) atoms. The van der Waals surface area contributed by atoms with E-state index in [-0.39, 0.29) is 5.38 Å². The Morgan fingerprint density at radius 3 is 2.35 bits per heavy atom. The molecular weight excluding hydrogens is 255 g/mol. The lowest BCUT2D eigenvalue weighted by atomic mass is 10.0. The van der Waals surface area contributed by atoms with Crippen LogP contribution in [0.4, 0.5) is 0 Å². The van der Waals surface area contributed by atoms with Gasteiger partial charge in [0.15, 0.2) is 0 Å². The van der Waals surface area contributed by atoms with Crippen molar-refractivity contribution >= 4 is 23.2 Å². The van der Waals surface area contributed by atoms with Crippen LogP contribution in [0.5, 0.6) is 0 Å². The molecule has 1 aromatic carbocycles. The summed E-state index contributed by atoms with van der Waals surface area (Å²) in [6.07, 6.45) is 0. The Balaban J connectivity index is 2.43. The maximum Gasteiger partial charge on any atom is 0.126 e. The highest BCUT2D eigenvalue weighted by atomic mass is 35.5. The minimum Gasteiger partial charge on any atom is -0.464 e. The number of halogens is 2. The van der Waals surface area contributed by atoms with E-state index in [1.54, 1.807) is 0 Å². The Morgan fingerprint density at radius 2 is 1.76 bits per heavy atom. The van der Waals surface area contributed by atoms with Gasteiger partial charge in [0, 0.05) is 5.02 Å². The van der Waals surface area contributed by atoms with Gasteiger partial charge in [0.05, 0.1) is 0 Å². The minimum atomic E-state index is -0.264. The Labute approximate surface area is 111 Å². The van der Waals surface area contributed by atoms with Crippen LogP contribution in [-0.2, 0) is 0 Å². The van der Waals surface area contributed by atoms with Gasteiger partial charge in [-0.1, -0.05) is 17.7 Å². The second-order valence-electron chi connectivity index (χ2n) is 4.27. The van der Waals surface area contributed by atoms with E-state index in [4.69, 9.17) is 27.6 Å². The largest absolute Gasteiger partial charge is 0.464 e. The molecule has 0 N–H and O–H groups in total. The quantitative estimate of drug-likeness (QED) is 0.684. The fourth-order valence-electron chi connectivity index (χ4n) is 1.82. The van der Waals surface area contributed by atoms with Gasteiger partial charge in [-0.2, -0.15) is 0 Å². The van der Waals surface area contributed by atoms with Crippen molar-refractivity contribution in [2.24, 2.45) is 0 Å². The molecule has 0 saturated heterocycles. The van der Waals surface area contributed by atoms with E-state index in [0.29, 0.717) is 0 Å². The first-order valence-corrected chi connectivity index (χ1v) is 6.27. The average molecular weight is 269 g/mol. The van der Waals surface area contributed by atoms with Crippen molar-refractivity contribution in [2.45, 2.75) is 26.1 Å². The lowest BCUT2D eigenvalue weighted by Gasteiger charge is -2.12. The van der Waals surface area contributed by atoms with Crippen LogP contribution in [0.25, 0.3) is 0 Å². The van der Waals surface area contributed by atoms with Crippen molar-refractivity contribution in [1.82, 2.24) is 0 Å². The van der Waals surface area contributed by atoms with Gasteiger partial charge in [0.2, 0.25) is 0 Å². The van der Waals surface area contributed by atoms with Gasteiger partial charge in [-0.05, 0) is 55.7 Å². The number of benzene rings is 1. The zero-order valence-electron chi connectivity index (χ0n) is 10.1. The highest BCUT2D eigenvalue weighted by Crippen LogP contribution is 2.34. The SMILES string of the molecule is Cc1ccc(C(Cl)c2cc(C)c(Cl)cc2C)o1. The predicted molar refractivity (Wildman–Crippen MR) is 72.1 cm³/mol. The molecule has 90 valence electrons. The third-order valence-electron chi connectivity index (χ3n) is 2.83. The normalized spacial score (nSPS) is 12.8. The molecule has 1 unspecified atom stereocenters. The molecule has 0 fully saturated rings. The first-order valence-electron chi connectivity index (χ1n) is 5.46. The first-order chi connectivity index (χ1) is 7.99. The molecular formula is C14H14Cl2O. The van der Waals surface area contributed by atoms with Crippen LogP contribution in [0, 0.1) is 20.8 Å². The lowest BCUT2D eigenvalue weighted by Crippen LogP contribution is -1.96. The van der Waals surface area contributed by atoms with Crippen LogP contribution in [0.3, 0.4) is 0 Å². The zero-order chi connectivity index (χ0) is 12.6. The van der Waals surface area contributed by atoms with E-state index in [9.17, 15) is 0 Å². The third-order valence-corrected chi connectivity index (χ3v) is 3.69. The van der Waals surface area contributed by atoms with E-state index < -0.39 is 0 Å². The second-order valence-corrected chi connectivity index (χ2v) is 5.11. The standard InChI is InChI=1S/C14H14Cl2O/c1-8-7-12(15)9(2)6-11(8)14(16)13-5-4-10(3)17-13/h4-7,14H,1-3H3. The van der Waals surface area contributed by atoms with Gasteiger partial charge in [-0.3, -0.25) is 0 Å². The number of hydrogen-bond donors (Lipinski definition) is 0. The Kier molecular flexibility index (Phi) is 3.50. The van der Waals surface area contributed by atoms with Crippen LogP contribution >= 0.6 is 23.2 Å². The van der Waals surface area contributed by atoms with Gasteiger partial charge < -0.3 is 4.42 Å². The number of aryl methyl sites for hydroxylation is 3. The molecule has 0 bridgehead atoms. The average Bonchev–Trinajstić information content (AvgIpc) is 2.69. The molecule has 0 amide bonds. The summed E-state index contributed by atoms with van der Waals surface area (Å²) in [6, 6.07) is 7.80. The Hall–Kier alpha value is -0.920. The van der Waals surface area contributed by atoms with Crippen LogP contribution in [-0.4, -0.2) is 0 Å². The van der Waals surface area contributed by atoms with Crippen LogP contribution < -0.4 is 0 Å². The highest BCUT2D eigenvalue weighted by Gasteiger charge is 2.17. The van der Waals surface area contributed by atoms with E-state index in [1.807, 2.05) is 45.0 Å². The van der Waals surface area contributed by atoms with Gasteiger partial charge in [-0.15, -0.1) is 11.6 Å². The molecule has 2 aromatic rings. The summed E-state index contributed by atoms with van der Waals surface area (Å²) >= 11 is 12.5. The monoisotopic (exact) mass is 268 g/mol. The minimum absolute atomic E-state index is 0.264. The summed E-state index contributed by atoms with van der Waals surface area (Å²) in [5.41, 5.74) is 3.15. The zero-order valence-corrected chi connectivity index (χ0v) is 11.6. The number of rotatable bonds is 2. The van der Waals surface area contributed by atoms with Crippen molar-refractivity contribution in [2.75, 3.05) is 0 Å². The summed E-state index contributed by atoms with van der Waals surface area (Å²) in [5.74, 6) is 1.64. The maximum absolute atomic E-state index is 6.44. The molecule has 0 aliphatic heterocycles. The lowest BCUT2D eigenvalue weighted by molar-refractivity contribution is 0.489. The van der Waals surface area contributed by atoms with E-state index in [2.05, 4.69) is 0 Å². The summed E-state index contributed by atoms with van der Waals surface area (Å²) < 4.78 is 5.56. The van der Waals surface area contributed by atoms with Crippen molar-refractivity contribution in [3.05, 3.63) is 57.5 Å². The predicted octanol–water partition coefficient (Wildman–Crippen LogP) is 5.19. The molecule has 0 radical (unpaired) electrons. The van der Waals surface area contributed by atoms with Gasteiger partial charge in [-0.25, -0.2) is 0 Å². The fraction of sp³-hybridized carbons (Fsp3) is 0.286. The Morgan fingerprint density at radius 1 is 1.06 bits per heavy atom. The highest BCUT2D eigenvalue weighted by molar-refractivity contribution is 6.31. The molecule has 1 nitrogen and oxygen atoms in total. The van der Waals surface area contributed by atoms with Crippen molar-refractivity contribution < 1.29 is 4.42 Å². The van der Waals surface area contributed by atoms with E-state index >= 15 is 0 Å². The molecule has 3 heteroatoms. The Bertz CT molecular complexity index is 543. The second kappa shape index (κ2) is 4.75. The summed E-state index contributed by atoms with van der Waals surface area (Å²) in [6.45, 7) is 5.89. The fourth-order valence-corrected chi connectivity index (χ4v) is 2.39. The van der Waals surface area contributed by atoms with Crippen molar-refractivity contribution in [1.29, 1.82) is 0 Å². The maximum atomic E-state index is 6.44. The number of alkyl halides is 1. The van der Waals surface area contributed by atoms with Gasteiger partial charge in [0.1, 0.15) is 16.9 Å². The molecule has 0 aliphatic rings. The molecule has 0 spiro atoms. The molecule has 0 aliphatic carbocycles. The number of furan rings is 1.